The lowest BCUT2D eigenvalue weighted by Gasteiger charge is -2.34. The van der Waals surface area contributed by atoms with Gasteiger partial charge in [0.2, 0.25) is 0 Å². The van der Waals surface area contributed by atoms with Crippen molar-refractivity contribution in [2.45, 2.75) is 38.5 Å². The zero-order valence-corrected chi connectivity index (χ0v) is 19.4. The van der Waals surface area contributed by atoms with Crippen molar-refractivity contribution in [2.75, 3.05) is 30.9 Å². The van der Waals surface area contributed by atoms with Crippen molar-refractivity contribution >= 4 is 21.6 Å². The summed E-state index contributed by atoms with van der Waals surface area (Å²) in [7, 11) is -3.65. The third kappa shape index (κ3) is 6.80. The minimum absolute atomic E-state index is 0.145. The number of hydrogen-bond donors (Lipinski definition) is 2. The SMILES string of the molecule is Cc1ccc(S(=O)(=O)Nc2ccc(C(=O)NCCCN3C[C@H](C)C[C@@H](C)C3)cc2)cc1. The van der Waals surface area contributed by atoms with Gasteiger partial charge in [0.1, 0.15) is 0 Å². The third-order valence-corrected chi connectivity index (χ3v) is 7.01. The van der Waals surface area contributed by atoms with E-state index in [-0.39, 0.29) is 10.8 Å². The van der Waals surface area contributed by atoms with Crippen LogP contribution in [0.1, 0.15) is 42.6 Å². The maximum absolute atomic E-state index is 12.5. The molecule has 1 fully saturated rings. The molecule has 1 saturated heterocycles. The Morgan fingerprint density at radius 3 is 2.23 bits per heavy atom. The van der Waals surface area contributed by atoms with Gasteiger partial charge in [-0.1, -0.05) is 31.5 Å². The van der Waals surface area contributed by atoms with E-state index in [1.807, 2.05) is 6.92 Å². The monoisotopic (exact) mass is 443 g/mol. The zero-order valence-electron chi connectivity index (χ0n) is 18.6. The molecular weight excluding hydrogens is 410 g/mol. The topological polar surface area (TPSA) is 78.5 Å². The highest BCUT2D eigenvalue weighted by Gasteiger charge is 2.21. The number of likely N-dealkylation sites (tertiary alicyclic amines) is 1. The maximum Gasteiger partial charge on any atom is 0.261 e. The Hall–Kier alpha value is -2.38. The van der Waals surface area contributed by atoms with Gasteiger partial charge in [0.15, 0.2) is 0 Å². The molecule has 2 aromatic rings. The van der Waals surface area contributed by atoms with Crippen molar-refractivity contribution in [1.29, 1.82) is 0 Å². The van der Waals surface area contributed by atoms with Gasteiger partial charge in [-0.05, 0) is 74.5 Å². The van der Waals surface area contributed by atoms with Crippen molar-refractivity contribution in [2.24, 2.45) is 11.8 Å². The van der Waals surface area contributed by atoms with Crippen LogP contribution in [-0.2, 0) is 10.0 Å². The molecule has 2 aromatic carbocycles. The largest absolute Gasteiger partial charge is 0.352 e. The number of rotatable bonds is 8. The predicted molar refractivity (Wildman–Crippen MR) is 125 cm³/mol. The fraction of sp³-hybridized carbons (Fsp3) is 0.458. The molecule has 0 saturated carbocycles. The van der Waals surface area contributed by atoms with Gasteiger partial charge in [0.05, 0.1) is 4.90 Å². The van der Waals surface area contributed by atoms with Crippen molar-refractivity contribution in [3.05, 3.63) is 59.7 Å². The third-order valence-electron chi connectivity index (χ3n) is 5.61. The number of piperidine rings is 1. The highest BCUT2D eigenvalue weighted by molar-refractivity contribution is 7.92. The van der Waals surface area contributed by atoms with Crippen LogP contribution < -0.4 is 10.0 Å². The molecule has 1 aliphatic rings. The average molecular weight is 444 g/mol. The van der Waals surface area contributed by atoms with E-state index in [1.165, 1.54) is 6.42 Å². The first-order valence-corrected chi connectivity index (χ1v) is 12.4. The van der Waals surface area contributed by atoms with E-state index in [2.05, 4.69) is 28.8 Å². The van der Waals surface area contributed by atoms with Crippen LogP contribution >= 0.6 is 0 Å². The number of anilines is 1. The molecule has 3 rings (SSSR count). The first-order valence-electron chi connectivity index (χ1n) is 10.9. The lowest BCUT2D eigenvalue weighted by Crippen LogP contribution is -2.40. The lowest BCUT2D eigenvalue weighted by atomic mass is 9.92. The van der Waals surface area contributed by atoms with Crippen molar-refractivity contribution in [3.8, 4) is 0 Å². The molecule has 2 atom stereocenters. The lowest BCUT2D eigenvalue weighted by molar-refractivity contribution is 0.0947. The molecule has 0 spiro atoms. The van der Waals surface area contributed by atoms with E-state index in [0.29, 0.717) is 17.8 Å². The van der Waals surface area contributed by atoms with Crippen molar-refractivity contribution < 1.29 is 13.2 Å². The van der Waals surface area contributed by atoms with E-state index in [4.69, 9.17) is 0 Å². The highest BCUT2D eigenvalue weighted by atomic mass is 32.2. The highest BCUT2D eigenvalue weighted by Crippen LogP contribution is 2.21. The number of benzene rings is 2. The molecule has 0 bridgehead atoms. The molecule has 0 unspecified atom stereocenters. The normalized spacial score (nSPS) is 19.7. The van der Waals surface area contributed by atoms with Crippen LogP contribution in [0, 0.1) is 18.8 Å². The minimum Gasteiger partial charge on any atom is -0.352 e. The Balaban J connectivity index is 1.47. The fourth-order valence-corrected chi connectivity index (χ4v) is 5.26. The number of carbonyl (C=O) groups is 1. The summed E-state index contributed by atoms with van der Waals surface area (Å²) in [5.74, 6) is 1.33. The smallest absolute Gasteiger partial charge is 0.261 e. The number of aryl methyl sites for hydroxylation is 1. The van der Waals surface area contributed by atoms with Crippen LogP contribution in [0.25, 0.3) is 0 Å². The van der Waals surface area contributed by atoms with Gasteiger partial charge in [0.25, 0.3) is 15.9 Å². The summed E-state index contributed by atoms with van der Waals surface area (Å²) in [5, 5.41) is 2.96. The molecule has 1 aliphatic heterocycles. The number of nitrogens with one attached hydrogen (secondary N) is 2. The van der Waals surface area contributed by atoms with Gasteiger partial charge in [0, 0.05) is 30.9 Å². The van der Waals surface area contributed by atoms with E-state index in [1.54, 1.807) is 48.5 Å². The van der Waals surface area contributed by atoms with Gasteiger partial charge in [-0.25, -0.2) is 8.42 Å². The number of sulfonamides is 1. The van der Waals surface area contributed by atoms with Gasteiger partial charge >= 0.3 is 0 Å². The summed E-state index contributed by atoms with van der Waals surface area (Å²) >= 11 is 0. The second kappa shape index (κ2) is 10.3. The molecular formula is C24H33N3O3S. The standard InChI is InChI=1S/C24H33N3O3S/c1-18-5-11-23(12-6-18)31(29,30)26-22-9-7-21(8-10-22)24(28)25-13-4-14-27-16-19(2)15-20(3)17-27/h5-12,19-20,26H,4,13-17H2,1-3H3,(H,25,28)/t19-,20-/m1/s1. The minimum atomic E-state index is -3.65. The number of amides is 1. The van der Waals surface area contributed by atoms with Gasteiger partial charge < -0.3 is 10.2 Å². The van der Waals surface area contributed by atoms with Crippen LogP contribution in [0.5, 0.6) is 0 Å². The number of nitrogens with zero attached hydrogens (tertiary/aromatic N) is 1. The molecule has 0 aliphatic carbocycles. The Labute approximate surface area is 186 Å². The molecule has 7 heteroatoms. The molecule has 0 radical (unpaired) electrons. The van der Waals surface area contributed by atoms with Gasteiger partial charge in [-0.3, -0.25) is 9.52 Å². The van der Waals surface area contributed by atoms with Crippen LogP contribution in [0.15, 0.2) is 53.4 Å². The van der Waals surface area contributed by atoms with Crippen molar-refractivity contribution in [3.63, 3.8) is 0 Å². The maximum atomic E-state index is 12.5. The number of carbonyl (C=O) groups excluding carboxylic acids is 1. The summed E-state index contributed by atoms with van der Waals surface area (Å²) in [6, 6.07) is 13.2. The van der Waals surface area contributed by atoms with Crippen LogP contribution in [0.2, 0.25) is 0 Å². The summed E-state index contributed by atoms with van der Waals surface area (Å²) in [6.07, 6.45) is 2.21. The molecule has 6 nitrogen and oxygen atoms in total. The Bertz CT molecular complexity index is 962. The van der Waals surface area contributed by atoms with Crippen LogP contribution in [0.3, 0.4) is 0 Å². The van der Waals surface area contributed by atoms with Gasteiger partial charge in [-0.15, -0.1) is 0 Å². The summed E-state index contributed by atoms with van der Waals surface area (Å²) in [6.45, 7) is 10.4. The summed E-state index contributed by atoms with van der Waals surface area (Å²) < 4.78 is 27.5. The Morgan fingerprint density at radius 2 is 1.61 bits per heavy atom. The van der Waals surface area contributed by atoms with Crippen molar-refractivity contribution in [1.82, 2.24) is 10.2 Å². The first kappa shape index (κ1) is 23.3. The first-order chi connectivity index (χ1) is 14.7. The second-order valence-electron chi connectivity index (χ2n) is 8.81. The summed E-state index contributed by atoms with van der Waals surface area (Å²) in [4.78, 5) is 15.1. The molecule has 2 N–H and O–H groups in total. The zero-order chi connectivity index (χ0) is 22.4. The van der Waals surface area contributed by atoms with E-state index in [0.717, 1.165) is 43.5 Å². The molecule has 1 heterocycles. The van der Waals surface area contributed by atoms with Crippen LogP contribution in [-0.4, -0.2) is 45.4 Å². The second-order valence-corrected chi connectivity index (χ2v) is 10.5. The van der Waals surface area contributed by atoms with Crippen LogP contribution in [0.4, 0.5) is 5.69 Å². The van der Waals surface area contributed by atoms with E-state index >= 15 is 0 Å². The quantitative estimate of drug-likeness (QED) is 0.607. The van der Waals surface area contributed by atoms with E-state index < -0.39 is 10.0 Å². The Kier molecular flexibility index (Phi) is 7.73. The molecule has 31 heavy (non-hydrogen) atoms. The molecule has 1 amide bonds. The average Bonchev–Trinajstić information content (AvgIpc) is 2.71. The Morgan fingerprint density at radius 1 is 1.00 bits per heavy atom. The molecule has 168 valence electrons. The predicted octanol–water partition coefficient (Wildman–Crippen LogP) is 3.89. The number of hydrogen-bond acceptors (Lipinski definition) is 4. The van der Waals surface area contributed by atoms with E-state index in [9.17, 15) is 13.2 Å². The fourth-order valence-electron chi connectivity index (χ4n) is 4.20. The summed E-state index contributed by atoms with van der Waals surface area (Å²) in [5.41, 5.74) is 1.93. The molecule has 0 aromatic heterocycles. The van der Waals surface area contributed by atoms with Gasteiger partial charge in [-0.2, -0.15) is 0 Å².